The third-order valence-electron chi connectivity index (χ3n) is 2.91. The number of rotatable bonds is 4. The fourth-order valence-electron chi connectivity index (χ4n) is 2.01. The number of esters is 1. The van der Waals surface area contributed by atoms with E-state index in [1.54, 1.807) is 13.8 Å². The first-order chi connectivity index (χ1) is 9.25. The lowest BCUT2D eigenvalue weighted by Gasteiger charge is -2.28. The van der Waals surface area contributed by atoms with Crippen molar-refractivity contribution in [3.63, 3.8) is 0 Å². The highest BCUT2D eigenvalue weighted by molar-refractivity contribution is 6.14. The highest BCUT2D eigenvalue weighted by Crippen LogP contribution is 2.35. The SMILES string of the molecule is CCOC(=O)/C=C(\C)N=CC1=C(O)CC(C)(C)CC1=O. The summed E-state index contributed by atoms with van der Waals surface area (Å²) in [5.74, 6) is -0.554. The summed E-state index contributed by atoms with van der Waals surface area (Å²) >= 11 is 0. The van der Waals surface area contributed by atoms with Gasteiger partial charge in [0.1, 0.15) is 5.76 Å². The van der Waals surface area contributed by atoms with Crippen LogP contribution in [0.5, 0.6) is 0 Å². The minimum atomic E-state index is -0.476. The number of aliphatic hydroxyl groups is 1. The van der Waals surface area contributed by atoms with E-state index in [1.165, 1.54) is 12.3 Å². The van der Waals surface area contributed by atoms with Crippen LogP contribution in [0.25, 0.3) is 0 Å². The van der Waals surface area contributed by atoms with Gasteiger partial charge in [-0.05, 0) is 19.3 Å². The Morgan fingerprint density at radius 1 is 1.45 bits per heavy atom. The lowest BCUT2D eigenvalue weighted by Crippen LogP contribution is -2.26. The van der Waals surface area contributed by atoms with Crippen molar-refractivity contribution in [1.82, 2.24) is 0 Å². The van der Waals surface area contributed by atoms with Crippen LogP contribution in [-0.2, 0) is 14.3 Å². The van der Waals surface area contributed by atoms with Gasteiger partial charge in [0.2, 0.25) is 0 Å². The Bertz CT molecular complexity index is 498. The molecule has 0 heterocycles. The molecule has 5 nitrogen and oxygen atoms in total. The zero-order valence-corrected chi connectivity index (χ0v) is 12.4. The van der Waals surface area contributed by atoms with Gasteiger partial charge in [-0.3, -0.25) is 9.79 Å². The van der Waals surface area contributed by atoms with E-state index < -0.39 is 5.97 Å². The molecule has 0 unspecified atom stereocenters. The smallest absolute Gasteiger partial charge is 0.332 e. The fraction of sp³-hybridized carbons (Fsp3) is 0.533. The van der Waals surface area contributed by atoms with Crippen LogP contribution in [0.4, 0.5) is 0 Å². The average Bonchev–Trinajstić information content (AvgIpc) is 2.25. The molecular weight excluding hydrogens is 258 g/mol. The quantitative estimate of drug-likeness (QED) is 0.487. The molecule has 0 aromatic carbocycles. The predicted molar refractivity (Wildman–Crippen MR) is 76.6 cm³/mol. The van der Waals surface area contributed by atoms with Gasteiger partial charge in [0, 0.05) is 30.8 Å². The number of carbonyl (C=O) groups is 2. The first kappa shape index (κ1) is 16.1. The molecule has 1 rings (SSSR count). The van der Waals surface area contributed by atoms with Crippen molar-refractivity contribution in [1.29, 1.82) is 0 Å². The molecule has 5 heteroatoms. The molecule has 1 N–H and O–H groups in total. The summed E-state index contributed by atoms with van der Waals surface area (Å²) < 4.78 is 4.76. The summed E-state index contributed by atoms with van der Waals surface area (Å²) in [6.07, 6.45) is 3.38. The highest BCUT2D eigenvalue weighted by Gasteiger charge is 2.32. The molecule has 0 bridgehead atoms. The number of Topliss-reactive ketones (excluding diaryl/α,β-unsaturated/α-hetero) is 1. The molecular formula is C15H21NO4. The van der Waals surface area contributed by atoms with Crippen molar-refractivity contribution in [2.75, 3.05) is 6.61 Å². The lowest BCUT2D eigenvalue weighted by molar-refractivity contribution is -0.137. The number of aliphatic imine (C=N–C) groups is 1. The van der Waals surface area contributed by atoms with Gasteiger partial charge in [-0.15, -0.1) is 0 Å². The van der Waals surface area contributed by atoms with Crippen molar-refractivity contribution < 1.29 is 19.4 Å². The fourth-order valence-corrected chi connectivity index (χ4v) is 2.01. The second-order valence-corrected chi connectivity index (χ2v) is 5.60. The van der Waals surface area contributed by atoms with Crippen LogP contribution in [0.15, 0.2) is 28.1 Å². The molecule has 0 atom stereocenters. The Morgan fingerprint density at radius 2 is 2.10 bits per heavy atom. The molecule has 0 radical (unpaired) electrons. The third kappa shape index (κ3) is 4.64. The maximum absolute atomic E-state index is 11.9. The van der Waals surface area contributed by atoms with E-state index in [1.807, 2.05) is 13.8 Å². The van der Waals surface area contributed by atoms with Crippen LogP contribution in [0.3, 0.4) is 0 Å². The lowest BCUT2D eigenvalue weighted by atomic mass is 9.77. The Hall–Kier alpha value is -1.91. The number of ether oxygens (including phenoxy) is 1. The molecule has 1 aliphatic rings. The van der Waals surface area contributed by atoms with E-state index in [-0.39, 0.29) is 22.5 Å². The summed E-state index contributed by atoms with van der Waals surface area (Å²) in [6, 6.07) is 0. The van der Waals surface area contributed by atoms with Crippen molar-refractivity contribution in [2.45, 2.75) is 40.5 Å². The van der Waals surface area contributed by atoms with Crippen LogP contribution in [0.2, 0.25) is 0 Å². The molecule has 1 aliphatic carbocycles. The van der Waals surface area contributed by atoms with Crippen molar-refractivity contribution in [3.8, 4) is 0 Å². The van der Waals surface area contributed by atoms with E-state index in [2.05, 4.69) is 4.99 Å². The van der Waals surface area contributed by atoms with Crippen LogP contribution >= 0.6 is 0 Å². The first-order valence-corrected chi connectivity index (χ1v) is 6.59. The monoisotopic (exact) mass is 279 g/mol. The Balaban J connectivity index is 2.84. The maximum atomic E-state index is 11.9. The Labute approximate surface area is 119 Å². The molecule has 0 aromatic rings. The number of hydrogen-bond acceptors (Lipinski definition) is 5. The van der Waals surface area contributed by atoms with E-state index in [0.717, 1.165) is 0 Å². The van der Waals surface area contributed by atoms with Gasteiger partial charge in [-0.2, -0.15) is 0 Å². The largest absolute Gasteiger partial charge is 0.511 e. The summed E-state index contributed by atoms with van der Waals surface area (Å²) in [5, 5.41) is 9.91. The van der Waals surface area contributed by atoms with Gasteiger partial charge in [-0.1, -0.05) is 13.8 Å². The number of aliphatic hydroxyl groups excluding tert-OH is 1. The van der Waals surface area contributed by atoms with Gasteiger partial charge in [-0.25, -0.2) is 4.79 Å². The summed E-state index contributed by atoms with van der Waals surface area (Å²) in [4.78, 5) is 27.2. The molecule has 0 spiro atoms. The van der Waals surface area contributed by atoms with Crippen molar-refractivity contribution >= 4 is 18.0 Å². The summed E-state index contributed by atoms with van der Waals surface area (Å²) in [6.45, 7) is 7.51. The number of hydrogen-bond donors (Lipinski definition) is 1. The number of nitrogens with zero attached hydrogens (tertiary/aromatic N) is 1. The number of carbonyl (C=O) groups excluding carboxylic acids is 2. The van der Waals surface area contributed by atoms with Crippen molar-refractivity contribution in [3.05, 3.63) is 23.1 Å². The molecule has 20 heavy (non-hydrogen) atoms. The second kappa shape index (κ2) is 6.50. The van der Waals surface area contributed by atoms with Gasteiger partial charge in [0.15, 0.2) is 5.78 Å². The molecule has 0 amide bonds. The first-order valence-electron chi connectivity index (χ1n) is 6.59. The molecule has 110 valence electrons. The van der Waals surface area contributed by atoms with Gasteiger partial charge < -0.3 is 9.84 Å². The van der Waals surface area contributed by atoms with Gasteiger partial charge >= 0.3 is 5.97 Å². The minimum Gasteiger partial charge on any atom is -0.511 e. The molecule has 0 fully saturated rings. The maximum Gasteiger partial charge on any atom is 0.332 e. The second-order valence-electron chi connectivity index (χ2n) is 5.60. The summed E-state index contributed by atoms with van der Waals surface area (Å²) in [7, 11) is 0. The third-order valence-corrected chi connectivity index (χ3v) is 2.91. The highest BCUT2D eigenvalue weighted by atomic mass is 16.5. The zero-order chi connectivity index (χ0) is 15.3. The van der Waals surface area contributed by atoms with Crippen LogP contribution in [0, 0.1) is 5.41 Å². The minimum absolute atomic E-state index is 0.0546. The van der Waals surface area contributed by atoms with Crippen molar-refractivity contribution in [2.24, 2.45) is 10.4 Å². The normalized spacial score (nSPS) is 19.6. The predicted octanol–water partition coefficient (Wildman–Crippen LogP) is 2.73. The van der Waals surface area contributed by atoms with E-state index in [4.69, 9.17) is 4.74 Å². The van der Waals surface area contributed by atoms with E-state index in [0.29, 0.717) is 25.1 Å². The van der Waals surface area contributed by atoms with E-state index in [9.17, 15) is 14.7 Å². The molecule has 0 saturated carbocycles. The van der Waals surface area contributed by atoms with Gasteiger partial charge in [0.05, 0.1) is 12.2 Å². The topological polar surface area (TPSA) is 76.0 Å². The molecule has 0 saturated heterocycles. The number of ketones is 1. The average molecular weight is 279 g/mol. The Morgan fingerprint density at radius 3 is 2.65 bits per heavy atom. The zero-order valence-electron chi connectivity index (χ0n) is 12.4. The molecule has 0 aliphatic heterocycles. The molecule has 0 aromatic heterocycles. The Kier molecular flexibility index (Phi) is 5.25. The number of allylic oxidation sites excluding steroid dienone is 3. The van der Waals surface area contributed by atoms with Gasteiger partial charge in [0.25, 0.3) is 0 Å². The van der Waals surface area contributed by atoms with E-state index >= 15 is 0 Å². The summed E-state index contributed by atoms with van der Waals surface area (Å²) in [5.41, 5.74) is 0.413. The standard InChI is InChI=1S/C15H21NO4/c1-5-20-14(19)6-10(2)16-9-11-12(17)7-15(3,4)8-13(11)18/h6,9,17H,5,7-8H2,1-4H3/b10-6+,16-9?. The van der Waals surface area contributed by atoms with Crippen LogP contribution in [0.1, 0.15) is 40.5 Å². The van der Waals surface area contributed by atoms with Crippen LogP contribution in [-0.4, -0.2) is 29.7 Å². The van der Waals surface area contributed by atoms with Crippen LogP contribution < -0.4 is 0 Å².